The minimum atomic E-state index is -2.74. The smallest absolute Gasteiger partial charge is 0.339 e. The fourth-order valence-corrected chi connectivity index (χ4v) is 5.18. The van der Waals surface area contributed by atoms with Crippen LogP contribution in [-0.2, 0) is 0 Å². The Morgan fingerprint density at radius 1 is 0.818 bits per heavy atom. The van der Waals surface area contributed by atoms with Gasteiger partial charge in [0.2, 0.25) is 0 Å². The molecule has 0 aliphatic heterocycles. The molecule has 2 aliphatic rings. The summed E-state index contributed by atoms with van der Waals surface area (Å²) in [5.41, 5.74) is 0.653. The van der Waals surface area contributed by atoms with Gasteiger partial charge in [-0.2, -0.15) is 0 Å². The van der Waals surface area contributed by atoms with E-state index in [0.717, 1.165) is 25.7 Å². The van der Waals surface area contributed by atoms with E-state index in [1.807, 2.05) is 0 Å². The summed E-state index contributed by atoms with van der Waals surface area (Å²) in [6.45, 7) is 0. The third kappa shape index (κ3) is 1.15. The second-order valence-corrected chi connectivity index (χ2v) is 7.24. The molecule has 2 aliphatic carbocycles. The lowest BCUT2D eigenvalue weighted by Gasteiger charge is -2.43. The van der Waals surface area contributed by atoms with Crippen molar-refractivity contribution in [2.24, 2.45) is 0 Å². The van der Waals surface area contributed by atoms with E-state index in [9.17, 15) is 9.59 Å². The zero-order valence-electron chi connectivity index (χ0n) is 6.79. The van der Waals surface area contributed by atoms with Crippen LogP contribution < -0.4 is 0 Å². The van der Waals surface area contributed by atoms with Crippen molar-refractivity contribution in [1.82, 2.24) is 0 Å². The molecule has 2 N–H and O–H groups in total. The Kier molecular flexibility index (Phi) is 1.82. The molecular weight excluding hydrogens is 156 g/mol. The Hall–Kier alpha value is 0.137. The highest BCUT2D eigenvalue weighted by Crippen LogP contribution is 2.49. The van der Waals surface area contributed by atoms with Crippen LogP contribution in [0.3, 0.4) is 0 Å². The van der Waals surface area contributed by atoms with Crippen LogP contribution in [0.15, 0.2) is 0 Å². The maximum atomic E-state index is 9.85. The van der Waals surface area contributed by atoms with Crippen molar-refractivity contribution >= 4 is 8.56 Å². The molecule has 2 rings (SSSR count). The van der Waals surface area contributed by atoms with Crippen molar-refractivity contribution in [2.75, 3.05) is 0 Å². The fourth-order valence-electron chi connectivity index (χ4n) is 2.00. The second-order valence-electron chi connectivity index (χ2n) is 4.04. The summed E-state index contributed by atoms with van der Waals surface area (Å²) in [6, 6.07) is 0. The van der Waals surface area contributed by atoms with Gasteiger partial charge in [0.25, 0.3) is 0 Å². The van der Waals surface area contributed by atoms with E-state index in [1.54, 1.807) is 0 Å². The van der Waals surface area contributed by atoms with E-state index in [0.29, 0.717) is 11.1 Å². The quantitative estimate of drug-likeness (QED) is 0.620. The Morgan fingerprint density at radius 3 is 1.36 bits per heavy atom. The lowest BCUT2D eigenvalue weighted by Crippen LogP contribution is -2.50. The van der Waals surface area contributed by atoms with Gasteiger partial charge in [-0.3, -0.25) is 0 Å². The molecule has 2 fully saturated rings. The predicted octanol–water partition coefficient (Wildman–Crippen LogP) is 1.52. The molecule has 2 saturated carbocycles. The van der Waals surface area contributed by atoms with E-state index in [4.69, 9.17) is 0 Å². The number of hydrogen-bond donors (Lipinski definition) is 2. The van der Waals surface area contributed by atoms with E-state index in [2.05, 4.69) is 0 Å². The number of rotatable bonds is 2. The summed E-state index contributed by atoms with van der Waals surface area (Å²) in [6.07, 6.45) is 6.75. The van der Waals surface area contributed by atoms with Crippen LogP contribution >= 0.6 is 0 Å². The summed E-state index contributed by atoms with van der Waals surface area (Å²) in [7, 11) is -2.74. The van der Waals surface area contributed by atoms with Crippen LogP contribution in [0.5, 0.6) is 0 Å². The molecule has 64 valence electrons. The number of hydrogen-bond acceptors (Lipinski definition) is 2. The molecule has 0 aromatic rings. The van der Waals surface area contributed by atoms with Crippen LogP contribution in [-0.4, -0.2) is 18.2 Å². The highest BCUT2D eigenvalue weighted by Gasteiger charge is 2.50. The first kappa shape index (κ1) is 7.77. The highest BCUT2D eigenvalue weighted by molar-refractivity contribution is 6.68. The van der Waals surface area contributed by atoms with Gasteiger partial charge >= 0.3 is 8.56 Å². The first-order chi connectivity index (χ1) is 5.21. The fraction of sp³-hybridized carbons (Fsp3) is 1.00. The summed E-state index contributed by atoms with van der Waals surface area (Å²) in [5.74, 6) is 0. The maximum absolute atomic E-state index is 9.85. The van der Waals surface area contributed by atoms with Crippen molar-refractivity contribution < 1.29 is 9.59 Å². The topological polar surface area (TPSA) is 40.5 Å². The first-order valence-electron chi connectivity index (χ1n) is 4.66. The highest BCUT2D eigenvalue weighted by atomic mass is 28.4. The van der Waals surface area contributed by atoms with E-state index >= 15 is 0 Å². The first-order valence-corrected chi connectivity index (χ1v) is 6.71. The summed E-state index contributed by atoms with van der Waals surface area (Å²) in [4.78, 5) is 19.7. The van der Waals surface area contributed by atoms with Gasteiger partial charge in [0, 0.05) is 11.1 Å². The van der Waals surface area contributed by atoms with Gasteiger partial charge in [-0.1, -0.05) is 12.8 Å². The molecule has 0 heterocycles. The van der Waals surface area contributed by atoms with Gasteiger partial charge in [-0.25, -0.2) is 0 Å². The van der Waals surface area contributed by atoms with E-state index < -0.39 is 8.56 Å². The second kappa shape index (κ2) is 2.57. The van der Waals surface area contributed by atoms with Crippen molar-refractivity contribution in [3.63, 3.8) is 0 Å². The summed E-state index contributed by atoms with van der Waals surface area (Å²) in [5, 5.41) is 0. The molecule has 0 saturated heterocycles. The molecular formula is C8H16O2Si. The Bertz CT molecular complexity index is 134. The molecule has 3 heteroatoms. The van der Waals surface area contributed by atoms with Crippen molar-refractivity contribution in [1.29, 1.82) is 0 Å². The normalized spacial score (nSPS) is 27.8. The van der Waals surface area contributed by atoms with Gasteiger partial charge in [0.1, 0.15) is 0 Å². The van der Waals surface area contributed by atoms with Gasteiger partial charge in [0.05, 0.1) is 0 Å². The third-order valence-corrected chi connectivity index (χ3v) is 6.97. The molecule has 0 atom stereocenters. The van der Waals surface area contributed by atoms with Crippen LogP contribution in [0.1, 0.15) is 38.5 Å². The average Bonchev–Trinajstić information content (AvgIpc) is 1.46. The molecule has 0 aromatic heterocycles. The summed E-state index contributed by atoms with van der Waals surface area (Å²) >= 11 is 0. The average molecular weight is 172 g/mol. The van der Waals surface area contributed by atoms with Crippen LogP contribution in [0.4, 0.5) is 0 Å². The maximum Gasteiger partial charge on any atom is 0.339 e. The molecule has 0 unspecified atom stereocenters. The van der Waals surface area contributed by atoms with Crippen molar-refractivity contribution in [2.45, 2.75) is 49.6 Å². The lowest BCUT2D eigenvalue weighted by molar-refractivity contribution is 0.249. The minimum absolute atomic E-state index is 0.327. The van der Waals surface area contributed by atoms with Gasteiger partial charge < -0.3 is 9.59 Å². The monoisotopic (exact) mass is 172 g/mol. The molecule has 11 heavy (non-hydrogen) atoms. The van der Waals surface area contributed by atoms with Crippen molar-refractivity contribution in [3.05, 3.63) is 0 Å². The largest absolute Gasteiger partial charge is 0.410 e. The molecule has 0 radical (unpaired) electrons. The minimum Gasteiger partial charge on any atom is -0.410 e. The standard InChI is InChI=1S/C8H16O2Si/c9-11(10,7-3-1-4-7)8-5-2-6-8/h7-10H,1-6H2. The Balaban J connectivity index is 1.95. The van der Waals surface area contributed by atoms with Crippen LogP contribution in [0.2, 0.25) is 11.1 Å². The van der Waals surface area contributed by atoms with E-state index in [1.165, 1.54) is 12.8 Å². The molecule has 0 bridgehead atoms. The zero-order chi connectivity index (χ0) is 7.90. The molecule has 0 spiro atoms. The predicted molar refractivity (Wildman–Crippen MR) is 45.4 cm³/mol. The molecule has 0 aromatic carbocycles. The Labute approximate surface area is 68.5 Å². The van der Waals surface area contributed by atoms with Gasteiger partial charge in [0.15, 0.2) is 0 Å². The molecule has 2 nitrogen and oxygen atoms in total. The van der Waals surface area contributed by atoms with E-state index in [-0.39, 0.29) is 0 Å². The molecule has 0 amide bonds. The van der Waals surface area contributed by atoms with Crippen LogP contribution in [0.25, 0.3) is 0 Å². The zero-order valence-corrected chi connectivity index (χ0v) is 7.79. The van der Waals surface area contributed by atoms with Crippen LogP contribution in [0, 0.1) is 0 Å². The van der Waals surface area contributed by atoms with Gasteiger partial charge in [-0.15, -0.1) is 0 Å². The third-order valence-electron chi connectivity index (χ3n) is 3.41. The SMILES string of the molecule is O[Si](O)(C1CCC1)C1CCC1. The van der Waals surface area contributed by atoms with Gasteiger partial charge in [-0.05, 0) is 25.7 Å². The summed E-state index contributed by atoms with van der Waals surface area (Å²) < 4.78 is 0. The lowest BCUT2D eigenvalue weighted by atomic mass is 9.98. The Morgan fingerprint density at radius 2 is 1.18 bits per heavy atom. The van der Waals surface area contributed by atoms with Crippen molar-refractivity contribution in [3.8, 4) is 0 Å².